The van der Waals surface area contributed by atoms with Gasteiger partial charge in [-0.1, -0.05) is 24.3 Å². The lowest BCUT2D eigenvalue weighted by Gasteiger charge is -2.19. The standard InChI is InChI=1S/C32H29FN2O4/c1-17-10-20(21-12-19(3)35-34-15-21)11-18(2)31(17)25-6-8-27(33)32-26(25)7-9-28(32)39-23-4-5-24-22(13-30(36)37)16-38-29(24)14-23/h4-6,8,10-12,14-15,22,28H,7,9,13,16H2,1-3H3,(H,36,37). The van der Waals surface area contributed by atoms with E-state index in [0.29, 0.717) is 36.5 Å². The molecule has 2 atom stereocenters. The van der Waals surface area contributed by atoms with E-state index >= 15 is 4.39 Å². The number of aryl methyl sites for hydroxylation is 3. The van der Waals surface area contributed by atoms with Crippen LogP contribution in [-0.2, 0) is 11.2 Å². The summed E-state index contributed by atoms with van der Waals surface area (Å²) >= 11 is 0. The van der Waals surface area contributed by atoms with Crippen molar-refractivity contribution in [3.63, 3.8) is 0 Å². The number of carboxylic acid groups (broad SMARTS) is 1. The molecule has 0 saturated carbocycles. The lowest BCUT2D eigenvalue weighted by molar-refractivity contribution is -0.137. The molecule has 0 radical (unpaired) electrons. The minimum Gasteiger partial charge on any atom is -0.492 e. The summed E-state index contributed by atoms with van der Waals surface area (Å²) in [5, 5.41) is 17.3. The zero-order valence-electron chi connectivity index (χ0n) is 22.1. The Hall–Kier alpha value is -4.26. The molecule has 6 rings (SSSR count). The van der Waals surface area contributed by atoms with E-state index in [9.17, 15) is 4.79 Å². The maximum Gasteiger partial charge on any atom is 0.304 e. The highest BCUT2D eigenvalue weighted by Crippen LogP contribution is 2.45. The zero-order valence-corrected chi connectivity index (χ0v) is 22.1. The van der Waals surface area contributed by atoms with Gasteiger partial charge in [-0.15, -0.1) is 0 Å². The Balaban J connectivity index is 1.31. The minimum atomic E-state index is -0.852. The SMILES string of the molecule is Cc1cc(-c2cc(C)c(-c3ccc(F)c4c3CCC4Oc3ccc4c(c3)OCC4CC(=O)O)c(C)c2)cnn1. The van der Waals surface area contributed by atoms with Crippen molar-refractivity contribution in [2.24, 2.45) is 0 Å². The number of aliphatic carboxylic acids is 1. The highest BCUT2D eigenvalue weighted by atomic mass is 19.1. The molecule has 3 aromatic carbocycles. The van der Waals surface area contributed by atoms with Gasteiger partial charge >= 0.3 is 5.97 Å². The van der Waals surface area contributed by atoms with Crippen LogP contribution in [0.15, 0.2) is 54.7 Å². The fourth-order valence-corrected chi connectivity index (χ4v) is 6.09. The van der Waals surface area contributed by atoms with Crippen LogP contribution in [0.5, 0.6) is 11.5 Å². The number of ether oxygens (including phenoxy) is 2. The molecule has 2 unspecified atom stereocenters. The van der Waals surface area contributed by atoms with Gasteiger partial charge < -0.3 is 14.6 Å². The lowest BCUT2D eigenvalue weighted by Crippen LogP contribution is -2.07. The van der Waals surface area contributed by atoms with Crippen molar-refractivity contribution in [3.8, 4) is 33.8 Å². The zero-order chi connectivity index (χ0) is 27.3. The molecule has 1 aliphatic heterocycles. The molecule has 0 saturated heterocycles. The fourth-order valence-electron chi connectivity index (χ4n) is 6.09. The van der Waals surface area contributed by atoms with Crippen LogP contribution in [0.2, 0.25) is 0 Å². The number of hydrogen-bond acceptors (Lipinski definition) is 5. The predicted octanol–water partition coefficient (Wildman–Crippen LogP) is 6.89. The molecule has 0 fully saturated rings. The van der Waals surface area contributed by atoms with Gasteiger partial charge in [-0.05, 0) is 85.2 Å². The van der Waals surface area contributed by atoms with Gasteiger partial charge in [0.1, 0.15) is 23.4 Å². The van der Waals surface area contributed by atoms with Gasteiger partial charge in [0.05, 0.1) is 24.9 Å². The number of nitrogens with zero attached hydrogens (tertiary/aromatic N) is 2. The van der Waals surface area contributed by atoms with Crippen LogP contribution in [-0.4, -0.2) is 27.9 Å². The second kappa shape index (κ2) is 9.80. The summed E-state index contributed by atoms with van der Waals surface area (Å²) in [6.07, 6.45) is 2.76. The van der Waals surface area contributed by atoms with Crippen molar-refractivity contribution in [2.45, 2.75) is 52.1 Å². The minimum absolute atomic E-state index is 0.0239. The molecule has 0 amide bonds. The van der Waals surface area contributed by atoms with Crippen molar-refractivity contribution in [1.82, 2.24) is 10.2 Å². The molecule has 1 N–H and O–H groups in total. The van der Waals surface area contributed by atoms with Gasteiger partial charge in [0.15, 0.2) is 0 Å². The first-order valence-electron chi connectivity index (χ1n) is 13.2. The first kappa shape index (κ1) is 25.0. The number of rotatable bonds is 6. The maximum absolute atomic E-state index is 15.3. The van der Waals surface area contributed by atoms with Gasteiger partial charge in [-0.25, -0.2) is 4.39 Å². The molecular formula is C32H29FN2O4. The highest BCUT2D eigenvalue weighted by molar-refractivity contribution is 5.79. The molecule has 39 heavy (non-hydrogen) atoms. The largest absolute Gasteiger partial charge is 0.492 e. The Morgan fingerprint density at radius 3 is 2.62 bits per heavy atom. The monoisotopic (exact) mass is 524 g/mol. The second-order valence-corrected chi connectivity index (χ2v) is 10.5. The van der Waals surface area contributed by atoms with Gasteiger partial charge in [-0.2, -0.15) is 10.2 Å². The number of halogens is 1. The van der Waals surface area contributed by atoms with Crippen LogP contribution in [0.3, 0.4) is 0 Å². The second-order valence-electron chi connectivity index (χ2n) is 10.5. The van der Waals surface area contributed by atoms with E-state index in [4.69, 9.17) is 14.6 Å². The number of hydrogen-bond donors (Lipinski definition) is 1. The third kappa shape index (κ3) is 4.62. The molecule has 1 aliphatic carbocycles. The summed E-state index contributed by atoms with van der Waals surface area (Å²) in [7, 11) is 0. The van der Waals surface area contributed by atoms with E-state index in [-0.39, 0.29) is 18.2 Å². The van der Waals surface area contributed by atoms with Crippen molar-refractivity contribution in [1.29, 1.82) is 0 Å². The van der Waals surface area contributed by atoms with Crippen molar-refractivity contribution in [3.05, 3.63) is 94.1 Å². The van der Waals surface area contributed by atoms with E-state index in [0.717, 1.165) is 50.2 Å². The fraction of sp³-hybridized carbons (Fsp3) is 0.281. The number of carbonyl (C=O) groups is 1. The Morgan fingerprint density at radius 2 is 1.87 bits per heavy atom. The Labute approximate surface area is 226 Å². The van der Waals surface area contributed by atoms with Crippen LogP contribution in [0.1, 0.15) is 58.4 Å². The average Bonchev–Trinajstić information content (AvgIpc) is 3.49. The third-order valence-corrected chi connectivity index (χ3v) is 7.76. The Bertz CT molecular complexity index is 1590. The number of carboxylic acids is 1. The smallest absolute Gasteiger partial charge is 0.304 e. The molecule has 198 valence electrons. The van der Waals surface area contributed by atoms with E-state index in [1.165, 1.54) is 0 Å². The molecular weight excluding hydrogens is 495 g/mol. The van der Waals surface area contributed by atoms with Gasteiger partial charge in [0.2, 0.25) is 0 Å². The summed E-state index contributed by atoms with van der Waals surface area (Å²) in [5.74, 6) is -0.0615. The van der Waals surface area contributed by atoms with Crippen LogP contribution in [0.25, 0.3) is 22.3 Å². The Morgan fingerprint density at radius 1 is 1.08 bits per heavy atom. The van der Waals surface area contributed by atoms with E-state index in [1.807, 2.05) is 31.2 Å². The first-order chi connectivity index (χ1) is 18.8. The summed E-state index contributed by atoms with van der Waals surface area (Å²) in [5.41, 5.74) is 9.81. The normalized spacial score (nSPS) is 17.4. The third-order valence-electron chi connectivity index (χ3n) is 7.76. The molecule has 0 bridgehead atoms. The first-order valence-corrected chi connectivity index (χ1v) is 13.2. The molecule has 1 aromatic heterocycles. The topological polar surface area (TPSA) is 81.5 Å². The van der Waals surface area contributed by atoms with Crippen molar-refractivity contribution in [2.75, 3.05) is 6.61 Å². The van der Waals surface area contributed by atoms with Crippen molar-refractivity contribution >= 4 is 5.97 Å². The summed E-state index contributed by atoms with van der Waals surface area (Å²) in [6, 6.07) is 15.2. The average molecular weight is 525 g/mol. The highest BCUT2D eigenvalue weighted by Gasteiger charge is 2.32. The van der Waals surface area contributed by atoms with E-state index < -0.39 is 12.1 Å². The van der Waals surface area contributed by atoms with Crippen molar-refractivity contribution < 1.29 is 23.8 Å². The quantitative estimate of drug-likeness (QED) is 0.296. The summed E-state index contributed by atoms with van der Waals surface area (Å²) in [4.78, 5) is 11.2. The van der Waals surface area contributed by atoms with Crippen LogP contribution < -0.4 is 9.47 Å². The van der Waals surface area contributed by atoms with Crippen LogP contribution >= 0.6 is 0 Å². The van der Waals surface area contributed by atoms with E-state index in [1.54, 1.807) is 18.3 Å². The van der Waals surface area contributed by atoms with Crippen LogP contribution in [0, 0.1) is 26.6 Å². The molecule has 0 spiro atoms. The molecule has 2 heterocycles. The maximum atomic E-state index is 15.3. The van der Waals surface area contributed by atoms with E-state index in [2.05, 4.69) is 36.2 Å². The predicted molar refractivity (Wildman–Crippen MR) is 146 cm³/mol. The summed E-state index contributed by atoms with van der Waals surface area (Å²) < 4.78 is 27.3. The number of fused-ring (bicyclic) bond motifs is 2. The van der Waals surface area contributed by atoms with Gasteiger partial charge in [-0.3, -0.25) is 4.79 Å². The molecule has 7 heteroatoms. The molecule has 2 aliphatic rings. The molecule has 4 aromatic rings. The summed E-state index contributed by atoms with van der Waals surface area (Å²) in [6.45, 7) is 6.45. The number of benzene rings is 3. The van der Waals surface area contributed by atoms with Gasteiger partial charge in [0.25, 0.3) is 0 Å². The number of aromatic nitrogens is 2. The lowest BCUT2D eigenvalue weighted by atomic mass is 9.88. The Kier molecular flexibility index (Phi) is 6.29. The van der Waals surface area contributed by atoms with Gasteiger partial charge in [0, 0.05) is 28.7 Å². The molecule has 6 nitrogen and oxygen atoms in total. The van der Waals surface area contributed by atoms with Crippen LogP contribution in [0.4, 0.5) is 4.39 Å².